The summed E-state index contributed by atoms with van der Waals surface area (Å²) >= 11 is 1.30. The standard InChI is InChI=1S/C16H18N2O3S2/c1-17-7-6-12-9-18(10-13(12)16(17)19)23(20,21)15-8-11-4-2-3-5-14(11)22-15/h2-5,8,12-13H,6-7,9-10H2,1H3/t12-,13+/m1/s1. The van der Waals surface area contributed by atoms with Gasteiger partial charge in [-0.3, -0.25) is 4.79 Å². The maximum Gasteiger partial charge on any atom is 0.252 e. The van der Waals surface area contributed by atoms with Crippen LogP contribution in [-0.4, -0.2) is 50.2 Å². The average molecular weight is 350 g/mol. The van der Waals surface area contributed by atoms with Gasteiger partial charge in [0.2, 0.25) is 5.91 Å². The molecule has 2 saturated heterocycles. The predicted molar refractivity (Wildman–Crippen MR) is 89.8 cm³/mol. The Balaban J connectivity index is 1.66. The minimum absolute atomic E-state index is 0.0790. The summed E-state index contributed by atoms with van der Waals surface area (Å²) in [6, 6.07) is 9.41. The quantitative estimate of drug-likeness (QED) is 0.832. The molecule has 0 radical (unpaired) electrons. The summed E-state index contributed by atoms with van der Waals surface area (Å²) in [5, 5.41) is 0.948. The van der Waals surface area contributed by atoms with Gasteiger partial charge in [0.1, 0.15) is 4.21 Å². The molecule has 2 aromatic rings. The van der Waals surface area contributed by atoms with Crippen molar-refractivity contribution in [1.29, 1.82) is 0 Å². The van der Waals surface area contributed by atoms with E-state index in [0.717, 1.165) is 23.1 Å². The molecule has 122 valence electrons. The first-order valence-electron chi connectivity index (χ1n) is 7.70. The number of nitrogens with zero attached hydrogens (tertiary/aromatic N) is 2. The first-order valence-corrected chi connectivity index (χ1v) is 9.96. The number of amides is 1. The van der Waals surface area contributed by atoms with Gasteiger partial charge < -0.3 is 4.90 Å². The number of fused-ring (bicyclic) bond motifs is 2. The van der Waals surface area contributed by atoms with Crippen LogP contribution in [0.5, 0.6) is 0 Å². The zero-order valence-corrected chi connectivity index (χ0v) is 14.4. The van der Waals surface area contributed by atoms with Crippen LogP contribution >= 0.6 is 11.3 Å². The average Bonchev–Trinajstić information content (AvgIpc) is 3.15. The normalized spacial score (nSPS) is 26.0. The summed E-state index contributed by atoms with van der Waals surface area (Å²) in [5.41, 5.74) is 0. The molecule has 5 nitrogen and oxygen atoms in total. The van der Waals surface area contributed by atoms with Crippen LogP contribution in [0.3, 0.4) is 0 Å². The van der Waals surface area contributed by atoms with E-state index in [0.29, 0.717) is 17.3 Å². The first kappa shape index (κ1) is 15.1. The highest BCUT2D eigenvalue weighted by Gasteiger charge is 2.46. The second kappa shape index (κ2) is 5.29. The molecule has 0 saturated carbocycles. The number of hydrogen-bond donors (Lipinski definition) is 0. The Kier molecular flexibility index (Phi) is 3.48. The van der Waals surface area contributed by atoms with Gasteiger partial charge >= 0.3 is 0 Å². The molecule has 2 aliphatic heterocycles. The van der Waals surface area contributed by atoms with E-state index in [2.05, 4.69) is 0 Å². The van der Waals surface area contributed by atoms with Gasteiger partial charge in [-0.25, -0.2) is 8.42 Å². The zero-order valence-electron chi connectivity index (χ0n) is 12.8. The molecule has 0 unspecified atom stereocenters. The van der Waals surface area contributed by atoms with Crippen LogP contribution in [0, 0.1) is 11.8 Å². The molecule has 0 bridgehead atoms. The van der Waals surface area contributed by atoms with Gasteiger partial charge in [0, 0.05) is 31.4 Å². The number of sulfonamides is 1. The van der Waals surface area contributed by atoms with Crippen molar-refractivity contribution in [2.24, 2.45) is 11.8 Å². The van der Waals surface area contributed by atoms with Gasteiger partial charge in [-0.1, -0.05) is 18.2 Å². The molecule has 1 amide bonds. The fraction of sp³-hybridized carbons (Fsp3) is 0.438. The molecule has 1 aromatic heterocycles. The lowest BCUT2D eigenvalue weighted by Crippen LogP contribution is -2.42. The lowest BCUT2D eigenvalue weighted by Gasteiger charge is -2.30. The Labute approximate surface area is 139 Å². The third kappa shape index (κ3) is 2.38. The third-order valence-corrected chi connectivity index (χ3v) is 8.33. The van der Waals surface area contributed by atoms with Gasteiger partial charge in [-0.15, -0.1) is 11.3 Å². The van der Waals surface area contributed by atoms with E-state index >= 15 is 0 Å². The smallest absolute Gasteiger partial charge is 0.252 e. The molecule has 0 spiro atoms. The second-order valence-corrected chi connectivity index (χ2v) is 9.59. The fourth-order valence-corrected chi connectivity index (χ4v) is 6.64. The number of carbonyl (C=O) groups excluding carboxylic acids is 1. The highest BCUT2D eigenvalue weighted by Crippen LogP contribution is 2.37. The van der Waals surface area contributed by atoms with Crippen molar-refractivity contribution in [2.45, 2.75) is 10.6 Å². The number of thiophene rings is 1. The van der Waals surface area contributed by atoms with Crippen LogP contribution in [0.4, 0.5) is 0 Å². The first-order chi connectivity index (χ1) is 11.0. The van der Waals surface area contributed by atoms with E-state index in [1.807, 2.05) is 24.3 Å². The van der Waals surface area contributed by atoms with Crippen LogP contribution in [0.25, 0.3) is 10.1 Å². The monoisotopic (exact) mass is 350 g/mol. The van der Waals surface area contributed by atoms with E-state index in [9.17, 15) is 13.2 Å². The largest absolute Gasteiger partial charge is 0.345 e. The second-order valence-electron chi connectivity index (χ2n) is 6.34. The van der Waals surface area contributed by atoms with Crippen molar-refractivity contribution in [3.63, 3.8) is 0 Å². The van der Waals surface area contributed by atoms with Crippen LogP contribution in [0.15, 0.2) is 34.5 Å². The lowest BCUT2D eigenvalue weighted by atomic mass is 9.88. The Morgan fingerprint density at radius 2 is 2.00 bits per heavy atom. The Hall–Kier alpha value is -1.44. The summed E-state index contributed by atoms with van der Waals surface area (Å²) < 4.78 is 28.7. The third-order valence-electron chi connectivity index (χ3n) is 4.93. The summed E-state index contributed by atoms with van der Waals surface area (Å²) in [7, 11) is -1.73. The molecule has 2 atom stereocenters. The molecule has 0 aliphatic carbocycles. The number of likely N-dealkylation sites (tertiary alicyclic amines) is 1. The van der Waals surface area contributed by atoms with Crippen LogP contribution in [0.2, 0.25) is 0 Å². The van der Waals surface area contributed by atoms with E-state index in [-0.39, 0.29) is 17.7 Å². The van der Waals surface area contributed by atoms with Gasteiger partial charge in [0.05, 0.1) is 5.92 Å². The minimum atomic E-state index is -3.52. The molecular formula is C16H18N2O3S2. The van der Waals surface area contributed by atoms with Crippen LogP contribution in [0.1, 0.15) is 6.42 Å². The molecule has 23 heavy (non-hydrogen) atoms. The van der Waals surface area contributed by atoms with Crippen LogP contribution < -0.4 is 0 Å². The molecule has 3 heterocycles. The molecule has 7 heteroatoms. The van der Waals surface area contributed by atoms with E-state index < -0.39 is 10.0 Å². The van der Waals surface area contributed by atoms with Gasteiger partial charge in [-0.05, 0) is 29.9 Å². The summed E-state index contributed by atoms with van der Waals surface area (Å²) in [6.45, 7) is 1.49. The van der Waals surface area contributed by atoms with Gasteiger partial charge in [0.25, 0.3) is 10.0 Å². The van der Waals surface area contributed by atoms with Crippen LogP contribution in [-0.2, 0) is 14.8 Å². The summed E-state index contributed by atoms with van der Waals surface area (Å²) in [5.74, 6) is 0.0519. The zero-order chi connectivity index (χ0) is 16.2. The molecule has 4 rings (SSSR count). The molecule has 1 aromatic carbocycles. The molecular weight excluding hydrogens is 332 g/mol. The van der Waals surface area contributed by atoms with Crippen molar-refractivity contribution >= 4 is 37.4 Å². The highest BCUT2D eigenvalue weighted by atomic mass is 32.2. The number of carbonyl (C=O) groups is 1. The Bertz CT molecular complexity index is 841. The van der Waals surface area contributed by atoms with Gasteiger partial charge in [0.15, 0.2) is 0 Å². The van der Waals surface area contributed by atoms with E-state index in [1.165, 1.54) is 15.6 Å². The summed E-state index contributed by atoms with van der Waals surface area (Å²) in [4.78, 5) is 14.0. The molecule has 2 aliphatic rings. The minimum Gasteiger partial charge on any atom is -0.345 e. The predicted octanol–water partition coefficient (Wildman–Crippen LogP) is 2.00. The number of piperidine rings is 1. The number of hydrogen-bond acceptors (Lipinski definition) is 4. The fourth-order valence-electron chi connectivity index (χ4n) is 3.56. The Morgan fingerprint density at radius 1 is 1.22 bits per heavy atom. The number of benzene rings is 1. The number of rotatable bonds is 2. The molecule has 0 N–H and O–H groups in total. The molecule has 2 fully saturated rings. The van der Waals surface area contributed by atoms with Crippen molar-refractivity contribution in [3.05, 3.63) is 30.3 Å². The lowest BCUT2D eigenvalue weighted by molar-refractivity contribution is -0.137. The highest BCUT2D eigenvalue weighted by molar-refractivity contribution is 7.91. The van der Waals surface area contributed by atoms with Crippen molar-refractivity contribution in [3.8, 4) is 0 Å². The SMILES string of the molecule is CN1CC[C@@H]2CN(S(=O)(=O)c3cc4ccccc4s3)C[C@@H]2C1=O. The Morgan fingerprint density at radius 3 is 2.78 bits per heavy atom. The van der Waals surface area contributed by atoms with Gasteiger partial charge in [-0.2, -0.15) is 4.31 Å². The van der Waals surface area contributed by atoms with Crippen molar-refractivity contribution < 1.29 is 13.2 Å². The summed E-state index contributed by atoms with van der Waals surface area (Å²) in [6.07, 6.45) is 0.880. The maximum absolute atomic E-state index is 12.9. The van der Waals surface area contributed by atoms with E-state index in [4.69, 9.17) is 0 Å². The van der Waals surface area contributed by atoms with E-state index in [1.54, 1.807) is 18.0 Å². The maximum atomic E-state index is 12.9. The van der Waals surface area contributed by atoms with Crippen molar-refractivity contribution in [1.82, 2.24) is 9.21 Å². The van der Waals surface area contributed by atoms with Crippen molar-refractivity contribution in [2.75, 3.05) is 26.7 Å². The topological polar surface area (TPSA) is 57.7 Å².